The van der Waals surface area contributed by atoms with Crippen molar-refractivity contribution in [3.63, 3.8) is 0 Å². The molecule has 2 aromatic carbocycles. The molecule has 1 heterocycles. The van der Waals surface area contributed by atoms with Crippen molar-refractivity contribution in [1.29, 1.82) is 0 Å². The first-order valence-corrected chi connectivity index (χ1v) is 8.46. The zero-order valence-electron chi connectivity index (χ0n) is 10.8. The second-order valence-corrected chi connectivity index (χ2v) is 6.94. The molecule has 0 aliphatic heterocycles. The normalized spacial score (nSPS) is 11.5. The van der Waals surface area contributed by atoms with Gasteiger partial charge in [-0.3, -0.25) is 9.71 Å². The average molecular weight is 363 g/mol. The first-order valence-electron chi connectivity index (χ1n) is 6.18. The van der Waals surface area contributed by atoms with E-state index in [1.165, 1.54) is 6.20 Å². The van der Waals surface area contributed by atoms with E-state index in [-0.39, 0.29) is 4.90 Å². The molecular weight excluding hydrogens is 352 g/mol. The Bertz CT molecular complexity index is 905. The van der Waals surface area contributed by atoms with Crippen LogP contribution in [0.3, 0.4) is 0 Å². The summed E-state index contributed by atoms with van der Waals surface area (Å²) in [5.41, 5.74) is 0.456. The molecule has 4 nitrogen and oxygen atoms in total. The van der Waals surface area contributed by atoms with E-state index in [0.29, 0.717) is 15.5 Å². The van der Waals surface area contributed by atoms with Gasteiger partial charge in [0.2, 0.25) is 0 Å². The van der Waals surface area contributed by atoms with Crippen molar-refractivity contribution in [2.45, 2.75) is 4.90 Å². The Balaban J connectivity index is 2.11. The van der Waals surface area contributed by atoms with E-state index in [2.05, 4.69) is 25.6 Å². The van der Waals surface area contributed by atoms with Gasteiger partial charge in [-0.05, 0) is 33.4 Å². The van der Waals surface area contributed by atoms with Gasteiger partial charge in [0.05, 0.1) is 15.1 Å². The number of benzene rings is 2. The lowest BCUT2D eigenvalue weighted by atomic mass is 10.1. The average Bonchev–Trinajstić information content (AvgIpc) is 2.49. The summed E-state index contributed by atoms with van der Waals surface area (Å²) in [6.45, 7) is 0. The van der Waals surface area contributed by atoms with Crippen molar-refractivity contribution in [2.75, 3.05) is 4.72 Å². The van der Waals surface area contributed by atoms with Crippen LogP contribution in [-0.4, -0.2) is 13.4 Å². The number of fused-ring (bicyclic) bond motifs is 1. The maximum Gasteiger partial charge on any atom is 0.262 e. The van der Waals surface area contributed by atoms with Crippen LogP contribution in [0, 0.1) is 0 Å². The number of nitrogens with zero attached hydrogens (tertiary/aromatic N) is 1. The molecule has 21 heavy (non-hydrogen) atoms. The first kappa shape index (κ1) is 14.0. The van der Waals surface area contributed by atoms with E-state index in [1.807, 2.05) is 24.3 Å². The molecule has 6 heteroatoms. The Morgan fingerprint density at radius 2 is 1.76 bits per heavy atom. The summed E-state index contributed by atoms with van der Waals surface area (Å²) >= 11 is 3.28. The quantitative estimate of drug-likeness (QED) is 0.770. The number of hydrogen-bond donors (Lipinski definition) is 1. The van der Waals surface area contributed by atoms with Crippen LogP contribution < -0.4 is 4.72 Å². The van der Waals surface area contributed by atoms with Crippen molar-refractivity contribution in [2.24, 2.45) is 0 Å². The Kier molecular flexibility index (Phi) is 3.65. The van der Waals surface area contributed by atoms with Crippen LogP contribution >= 0.6 is 15.9 Å². The Labute approximate surface area is 131 Å². The van der Waals surface area contributed by atoms with E-state index in [4.69, 9.17) is 0 Å². The fourth-order valence-electron chi connectivity index (χ4n) is 2.09. The zero-order valence-corrected chi connectivity index (χ0v) is 13.2. The smallest absolute Gasteiger partial charge is 0.262 e. The lowest BCUT2D eigenvalue weighted by Gasteiger charge is -2.11. The van der Waals surface area contributed by atoms with Gasteiger partial charge in [-0.15, -0.1) is 0 Å². The predicted octanol–water partition coefficient (Wildman–Crippen LogP) is 3.80. The number of aromatic nitrogens is 1. The third kappa shape index (κ3) is 2.77. The molecule has 3 rings (SSSR count). The second kappa shape index (κ2) is 5.46. The molecule has 0 aliphatic carbocycles. The molecule has 106 valence electrons. The molecule has 0 atom stereocenters. The minimum Gasteiger partial charge on any atom is -0.278 e. The molecule has 1 N–H and O–H groups in total. The lowest BCUT2D eigenvalue weighted by Crippen LogP contribution is -2.13. The van der Waals surface area contributed by atoms with Gasteiger partial charge in [0.1, 0.15) is 0 Å². The molecule has 0 amide bonds. The fourth-order valence-corrected chi connectivity index (χ4v) is 3.88. The first-order chi connectivity index (χ1) is 10.1. The maximum atomic E-state index is 12.6. The van der Waals surface area contributed by atoms with E-state index < -0.39 is 10.0 Å². The SMILES string of the molecule is O=S(=O)(Nc1ccncc1Br)c1cccc2ccccc12. The summed E-state index contributed by atoms with van der Waals surface area (Å²) in [6.07, 6.45) is 3.08. The van der Waals surface area contributed by atoms with Gasteiger partial charge in [-0.25, -0.2) is 8.42 Å². The number of hydrogen-bond acceptors (Lipinski definition) is 3. The van der Waals surface area contributed by atoms with E-state index in [1.54, 1.807) is 30.5 Å². The molecule has 0 saturated carbocycles. The van der Waals surface area contributed by atoms with E-state index in [9.17, 15) is 8.42 Å². The highest BCUT2D eigenvalue weighted by Crippen LogP contribution is 2.27. The lowest BCUT2D eigenvalue weighted by molar-refractivity contribution is 0.602. The Hall–Kier alpha value is -1.92. The monoisotopic (exact) mass is 362 g/mol. The molecule has 1 aromatic heterocycles. The summed E-state index contributed by atoms with van der Waals surface area (Å²) in [5, 5.41) is 1.58. The van der Waals surface area contributed by atoms with Crippen molar-refractivity contribution in [3.05, 3.63) is 65.4 Å². The van der Waals surface area contributed by atoms with Crippen LogP contribution in [0.2, 0.25) is 0 Å². The number of pyridine rings is 1. The Morgan fingerprint density at radius 1 is 1.00 bits per heavy atom. The van der Waals surface area contributed by atoms with Gasteiger partial charge in [-0.2, -0.15) is 0 Å². The number of halogens is 1. The number of rotatable bonds is 3. The Morgan fingerprint density at radius 3 is 2.57 bits per heavy atom. The van der Waals surface area contributed by atoms with E-state index >= 15 is 0 Å². The molecular formula is C15H11BrN2O2S. The maximum absolute atomic E-state index is 12.6. The number of nitrogens with one attached hydrogen (secondary N) is 1. The summed E-state index contributed by atoms with van der Waals surface area (Å²) in [7, 11) is -3.67. The molecule has 0 aliphatic rings. The fraction of sp³-hybridized carbons (Fsp3) is 0. The highest BCUT2D eigenvalue weighted by Gasteiger charge is 2.18. The minimum atomic E-state index is -3.67. The van der Waals surface area contributed by atoms with Gasteiger partial charge >= 0.3 is 0 Å². The van der Waals surface area contributed by atoms with Gasteiger partial charge in [-0.1, -0.05) is 36.4 Å². The highest BCUT2D eigenvalue weighted by atomic mass is 79.9. The largest absolute Gasteiger partial charge is 0.278 e. The molecule has 0 fully saturated rings. The van der Waals surface area contributed by atoms with Crippen molar-refractivity contribution in [3.8, 4) is 0 Å². The van der Waals surface area contributed by atoms with Gasteiger partial charge in [0.25, 0.3) is 10.0 Å². The zero-order chi connectivity index (χ0) is 14.9. The van der Waals surface area contributed by atoms with Crippen LogP contribution in [0.25, 0.3) is 10.8 Å². The molecule has 0 unspecified atom stereocenters. The molecule has 0 bridgehead atoms. The van der Waals surface area contributed by atoms with Gasteiger partial charge in [0, 0.05) is 17.8 Å². The summed E-state index contributed by atoms with van der Waals surface area (Å²) < 4.78 is 28.4. The van der Waals surface area contributed by atoms with Crippen LogP contribution in [0.4, 0.5) is 5.69 Å². The topological polar surface area (TPSA) is 59.1 Å². The van der Waals surface area contributed by atoms with Crippen molar-refractivity contribution < 1.29 is 8.42 Å². The minimum absolute atomic E-state index is 0.254. The van der Waals surface area contributed by atoms with Crippen LogP contribution in [0.1, 0.15) is 0 Å². The molecule has 0 saturated heterocycles. The summed E-state index contributed by atoms with van der Waals surface area (Å²) in [6, 6.07) is 14.2. The van der Waals surface area contributed by atoms with Crippen LogP contribution in [0.15, 0.2) is 70.3 Å². The molecule has 0 radical (unpaired) electrons. The number of anilines is 1. The predicted molar refractivity (Wildman–Crippen MR) is 86.7 cm³/mol. The van der Waals surface area contributed by atoms with Gasteiger partial charge in [0.15, 0.2) is 0 Å². The third-order valence-corrected chi connectivity index (χ3v) is 5.11. The highest BCUT2D eigenvalue weighted by molar-refractivity contribution is 9.10. The van der Waals surface area contributed by atoms with E-state index in [0.717, 1.165) is 5.39 Å². The van der Waals surface area contributed by atoms with Crippen LogP contribution in [-0.2, 0) is 10.0 Å². The molecule has 0 spiro atoms. The number of sulfonamides is 1. The van der Waals surface area contributed by atoms with Gasteiger partial charge < -0.3 is 0 Å². The summed E-state index contributed by atoms with van der Waals surface area (Å²) in [4.78, 5) is 4.17. The van der Waals surface area contributed by atoms with Crippen LogP contribution in [0.5, 0.6) is 0 Å². The molecule has 3 aromatic rings. The van der Waals surface area contributed by atoms with Crippen molar-refractivity contribution in [1.82, 2.24) is 4.98 Å². The standard InChI is InChI=1S/C15H11BrN2O2S/c16-13-10-17-9-8-14(13)18-21(19,20)15-7-3-5-11-4-1-2-6-12(11)15/h1-10H,(H,17,18). The summed E-state index contributed by atoms with van der Waals surface area (Å²) in [5.74, 6) is 0. The third-order valence-electron chi connectivity index (χ3n) is 3.06. The second-order valence-electron chi connectivity index (χ2n) is 4.44. The van der Waals surface area contributed by atoms with Crippen molar-refractivity contribution >= 4 is 42.4 Å².